The molecule has 0 saturated heterocycles. The third-order valence-electron chi connectivity index (χ3n) is 3.57. The summed E-state index contributed by atoms with van der Waals surface area (Å²) in [7, 11) is 0. The van der Waals surface area contributed by atoms with E-state index in [0.29, 0.717) is 5.92 Å². The molecule has 0 aromatic heterocycles. The van der Waals surface area contributed by atoms with Crippen molar-refractivity contribution in [2.75, 3.05) is 0 Å². The van der Waals surface area contributed by atoms with Crippen LogP contribution >= 0.6 is 0 Å². The number of rotatable bonds is 4. The lowest BCUT2D eigenvalue weighted by atomic mass is 9.72. The van der Waals surface area contributed by atoms with E-state index < -0.39 is 0 Å². The van der Waals surface area contributed by atoms with Crippen LogP contribution in [0.15, 0.2) is 0 Å². The normalized spacial score (nSPS) is 33.6. The molecule has 1 saturated carbocycles. The van der Waals surface area contributed by atoms with Crippen molar-refractivity contribution >= 4 is 0 Å². The van der Waals surface area contributed by atoms with Gasteiger partial charge in [-0.2, -0.15) is 0 Å². The lowest BCUT2D eigenvalue weighted by Gasteiger charge is -2.36. The molecule has 1 fully saturated rings. The third kappa shape index (κ3) is 3.27. The molecule has 0 bridgehead atoms. The van der Waals surface area contributed by atoms with E-state index in [1.807, 2.05) is 0 Å². The average Bonchev–Trinajstić information content (AvgIpc) is 2.10. The summed E-state index contributed by atoms with van der Waals surface area (Å²) in [6, 6.07) is 0. The van der Waals surface area contributed by atoms with Crippen molar-refractivity contribution in [3.05, 3.63) is 0 Å². The highest BCUT2D eigenvalue weighted by molar-refractivity contribution is 4.82. The molecule has 1 rings (SSSR count). The summed E-state index contributed by atoms with van der Waals surface area (Å²) in [5.41, 5.74) is 0. The zero-order chi connectivity index (χ0) is 10.6. The Kier molecular flexibility index (Phi) is 4.94. The summed E-state index contributed by atoms with van der Waals surface area (Å²) in [5.74, 6) is 2.17. The first-order chi connectivity index (χ1) is 6.65. The van der Waals surface area contributed by atoms with Crippen LogP contribution in [0.5, 0.6) is 0 Å². The highest BCUT2D eigenvalue weighted by Crippen LogP contribution is 2.37. The van der Waals surface area contributed by atoms with Gasteiger partial charge in [0.25, 0.3) is 0 Å². The molecule has 14 heavy (non-hydrogen) atoms. The lowest BCUT2D eigenvalue weighted by Crippen LogP contribution is -2.33. The van der Waals surface area contributed by atoms with Gasteiger partial charge in [-0.3, -0.25) is 0 Å². The molecule has 3 atom stereocenters. The first-order valence-electron chi connectivity index (χ1n) is 6.33. The number of hydrogen-bond acceptors (Lipinski definition) is 1. The first kappa shape index (κ1) is 12.0. The number of aliphatic hydroxyl groups excluding tert-OH is 1. The highest BCUT2D eigenvalue weighted by atomic mass is 16.3. The van der Waals surface area contributed by atoms with Gasteiger partial charge in [-0.05, 0) is 43.4 Å². The third-order valence-corrected chi connectivity index (χ3v) is 3.57. The second-order valence-electron chi connectivity index (χ2n) is 5.34. The van der Waals surface area contributed by atoms with Crippen molar-refractivity contribution in [3.63, 3.8) is 0 Å². The molecule has 84 valence electrons. The van der Waals surface area contributed by atoms with E-state index in [2.05, 4.69) is 20.8 Å². The van der Waals surface area contributed by atoms with E-state index in [-0.39, 0.29) is 6.10 Å². The van der Waals surface area contributed by atoms with Crippen molar-refractivity contribution in [1.29, 1.82) is 0 Å². The summed E-state index contributed by atoms with van der Waals surface area (Å²) in [5, 5.41) is 9.98. The standard InChI is InChI=1S/C13H26O/c1-4-6-12-11(9-10(2)3)7-5-8-13(12)14/h10-14H,4-9H2,1-3H3. The monoisotopic (exact) mass is 198 g/mol. The quantitative estimate of drug-likeness (QED) is 0.731. The van der Waals surface area contributed by atoms with E-state index >= 15 is 0 Å². The molecule has 1 heteroatoms. The minimum atomic E-state index is -0.00699. The Hall–Kier alpha value is -0.0400. The summed E-state index contributed by atoms with van der Waals surface area (Å²) >= 11 is 0. The van der Waals surface area contributed by atoms with E-state index in [4.69, 9.17) is 0 Å². The maximum Gasteiger partial charge on any atom is 0.0571 e. The average molecular weight is 198 g/mol. The van der Waals surface area contributed by atoms with Gasteiger partial charge in [-0.25, -0.2) is 0 Å². The minimum Gasteiger partial charge on any atom is -0.393 e. The molecule has 0 amide bonds. The Morgan fingerprint density at radius 1 is 1.29 bits per heavy atom. The SMILES string of the molecule is CCCC1C(O)CCCC1CC(C)C. The highest BCUT2D eigenvalue weighted by Gasteiger charge is 2.31. The van der Waals surface area contributed by atoms with Gasteiger partial charge in [-0.15, -0.1) is 0 Å². The largest absolute Gasteiger partial charge is 0.393 e. The van der Waals surface area contributed by atoms with Gasteiger partial charge in [0, 0.05) is 0 Å². The molecule has 0 heterocycles. The Morgan fingerprint density at radius 2 is 2.00 bits per heavy atom. The van der Waals surface area contributed by atoms with Crippen LogP contribution in [0.4, 0.5) is 0 Å². The molecule has 1 aliphatic carbocycles. The van der Waals surface area contributed by atoms with Crippen molar-refractivity contribution in [3.8, 4) is 0 Å². The summed E-state index contributed by atoms with van der Waals surface area (Å²) < 4.78 is 0. The number of hydrogen-bond donors (Lipinski definition) is 1. The smallest absolute Gasteiger partial charge is 0.0571 e. The first-order valence-corrected chi connectivity index (χ1v) is 6.33. The molecule has 1 aliphatic rings. The zero-order valence-electron chi connectivity index (χ0n) is 10.00. The molecular formula is C13H26O. The van der Waals surface area contributed by atoms with Crippen LogP contribution in [-0.4, -0.2) is 11.2 Å². The van der Waals surface area contributed by atoms with Gasteiger partial charge in [0.05, 0.1) is 6.10 Å². The Morgan fingerprint density at radius 3 is 2.57 bits per heavy atom. The van der Waals surface area contributed by atoms with Gasteiger partial charge in [0.2, 0.25) is 0 Å². The van der Waals surface area contributed by atoms with Crippen LogP contribution in [0.1, 0.15) is 59.3 Å². The van der Waals surface area contributed by atoms with Gasteiger partial charge >= 0.3 is 0 Å². The molecular weight excluding hydrogens is 172 g/mol. The molecule has 1 nitrogen and oxygen atoms in total. The van der Waals surface area contributed by atoms with Crippen molar-refractivity contribution < 1.29 is 5.11 Å². The molecule has 1 N–H and O–H groups in total. The van der Waals surface area contributed by atoms with Crippen LogP contribution in [0, 0.1) is 17.8 Å². The van der Waals surface area contributed by atoms with Gasteiger partial charge in [0.1, 0.15) is 0 Å². The second-order valence-corrected chi connectivity index (χ2v) is 5.34. The van der Waals surface area contributed by atoms with Crippen LogP contribution in [0.25, 0.3) is 0 Å². The molecule has 3 unspecified atom stereocenters. The van der Waals surface area contributed by atoms with Crippen LogP contribution < -0.4 is 0 Å². The molecule has 0 aliphatic heterocycles. The Balaban J connectivity index is 2.50. The predicted molar refractivity (Wildman–Crippen MR) is 61.2 cm³/mol. The van der Waals surface area contributed by atoms with Crippen molar-refractivity contribution in [1.82, 2.24) is 0 Å². The van der Waals surface area contributed by atoms with Crippen LogP contribution in [0.3, 0.4) is 0 Å². The molecule has 0 spiro atoms. The summed E-state index contributed by atoms with van der Waals surface area (Å²) in [6.45, 7) is 6.82. The topological polar surface area (TPSA) is 20.2 Å². The number of aliphatic hydroxyl groups is 1. The second kappa shape index (κ2) is 5.75. The Labute approximate surface area is 88.9 Å². The van der Waals surface area contributed by atoms with Gasteiger partial charge in [0.15, 0.2) is 0 Å². The van der Waals surface area contributed by atoms with E-state index in [1.165, 1.54) is 32.1 Å². The zero-order valence-corrected chi connectivity index (χ0v) is 10.00. The maximum atomic E-state index is 9.98. The Bertz CT molecular complexity index is 153. The van der Waals surface area contributed by atoms with E-state index in [1.54, 1.807) is 0 Å². The van der Waals surface area contributed by atoms with Crippen LogP contribution in [0.2, 0.25) is 0 Å². The van der Waals surface area contributed by atoms with Crippen molar-refractivity contribution in [2.24, 2.45) is 17.8 Å². The van der Waals surface area contributed by atoms with Crippen molar-refractivity contribution in [2.45, 2.75) is 65.4 Å². The molecule has 0 aromatic rings. The van der Waals surface area contributed by atoms with E-state index in [9.17, 15) is 5.11 Å². The summed E-state index contributed by atoms with van der Waals surface area (Å²) in [4.78, 5) is 0. The predicted octanol–water partition coefficient (Wildman–Crippen LogP) is 3.61. The van der Waals surface area contributed by atoms with Gasteiger partial charge < -0.3 is 5.11 Å². The molecule has 0 aromatic carbocycles. The van der Waals surface area contributed by atoms with Gasteiger partial charge in [-0.1, -0.05) is 33.6 Å². The lowest BCUT2D eigenvalue weighted by molar-refractivity contribution is 0.0204. The fraction of sp³-hybridized carbons (Fsp3) is 1.00. The molecule has 0 radical (unpaired) electrons. The van der Waals surface area contributed by atoms with E-state index in [0.717, 1.165) is 18.3 Å². The minimum absolute atomic E-state index is 0.00699. The summed E-state index contributed by atoms with van der Waals surface area (Å²) in [6.07, 6.45) is 7.36. The van der Waals surface area contributed by atoms with Crippen LogP contribution in [-0.2, 0) is 0 Å². The fourth-order valence-electron chi connectivity index (χ4n) is 2.99. The fourth-order valence-corrected chi connectivity index (χ4v) is 2.99. The maximum absolute atomic E-state index is 9.98.